The van der Waals surface area contributed by atoms with Crippen LogP contribution in [0.15, 0.2) is 0 Å². The van der Waals surface area contributed by atoms with Gasteiger partial charge in [-0.2, -0.15) is 0 Å². The SMILES string of the molecule is COC(=O)CCCS(=O)(=O)N(C)C1CCCNCC1. The topological polar surface area (TPSA) is 75.7 Å². The average molecular weight is 292 g/mol. The van der Waals surface area contributed by atoms with Crippen molar-refractivity contribution >= 4 is 16.0 Å². The Morgan fingerprint density at radius 3 is 2.79 bits per heavy atom. The molecule has 6 nitrogen and oxygen atoms in total. The third-order valence-corrected chi connectivity index (χ3v) is 5.49. The molecule has 0 aliphatic carbocycles. The van der Waals surface area contributed by atoms with Crippen LogP contribution in [0.2, 0.25) is 0 Å². The number of sulfonamides is 1. The minimum atomic E-state index is -3.28. The van der Waals surface area contributed by atoms with Crippen LogP contribution >= 0.6 is 0 Å². The Kier molecular flexibility index (Phi) is 6.74. The fraction of sp³-hybridized carbons (Fsp3) is 0.917. The van der Waals surface area contributed by atoms with E-state index >= 15 is 0 Å². The van der Waals surface area contributed by atoms with Crippen LogP contribution in [-0.4, -0.2) is 57.7 Å². The quantitative estimate of drug-likeness (QED) is 0.715. The molecule has 1 aliphatic rings. The molecule has 0 aromatic heterocycles. The zero-order valence-electron chi connectivity index (χ0n) is 11.7. The zero-order chi connectivity index (χ0) is 14.3. The van der Waals surface area contributed by atoms with Crippen LogP contribution in [0.1, 0.15) is 32.1 Å². The minimum Gasteiger partial charge on any atom is -0.469 e. The molecule has 0 aromatic rings. The van der Waals surface area contributed by atoms with Gasteiger partial charge in [-0.1, -0.05) is 0 Å². The lowest BCUT2D eigenvalue weighted by Gasteiger charge is -2.26. The zero-order valence-corrected chi connectivity index (χ0v) is 12.5. The van der Waals surface area contributed by atoms with Gasteiger partial charge in [0, 0.05) is 19.5 Å². The number of esters is 1. The van der Waals surface area contributed by atoms with Gasteiger partial charge < -0.3 is 10.1 Å². The summed E-state index contributed by atoms with van der Waals surface area (Å²) in [6.45, 7) is 1.80. The van der Waals surface area contributed by atoms with Gasteiger partial charge in [-0.25, -0.2) is 12.7 Å². The Morgan fingerprint density at radius 1 is 1.37 bits per heavy atom. The summed E-state index contributed by atoms with van der Waals surface area (Å²) in [6, 6.07) is 0.0677. The summed E-state index contributed by atoms with van der Waals surface area (Å²) < 4.78 is 30.3. The molecular weight excluding hydrogens is 268 g/mol. The van der Waals surface area contributed by atoms with Gasteiger partial charge in [0.1, 0.15) is 0 Å². The van der Waals surface area contributed by atoms with E-state index in [1.807, 2.05) is 0 Å². The van der Waals surface area contributed by atoms with Gasteiger partial charge in [0.2, 0.25) is 10.0 Å². The van der Waals surface area contributed by atoms with E-state index in [2.05, 4.69) is 10.1 Å². The molecule has 1 aliphatic heterocycles. The second-order valence-electron chi connectivity index (χ2n) is 4.85. The van der Waals surface area contributed by atoms with E-state index < -0.39 is 10.0 Å². The average Bonchev–Trinajstić information content (AvgIpc) is 2.66. The maximum atomic E-state index is 12.2. The highest BCUT2D eigenvalue weighted by Gasteiger charge is 2.26. The Balaban J connectivity index is 2.48. The number of rotatable bonds is 6. The molecule has 0 aromatic carbocycles. The largest absolute Gasteiger partial charge is 0.469 e. The van der Waals surface area contributed by atoms with Crippen LogP contribution in [-0.2, 0) is 19.6 Å². The predicted octanol–water partition coefficient (Wildman–Crippen LogP) is 0.343. The summed E-state index contributed by atoms with van der Waals surface area (Å²) in [5.74, 6) is -0.362. The van der Waals surface area contributed by atoms with E-state index in [-0.39, 0.29) is 24.2 Å². The molecule has 1 fully saturated rings. The second-order valence-corrected chi connectivity index (χ2v) is 6.99. The van der Waals surface area contributed by atoms with Crippen LogP contribution in [0.4, 0.5) is 0 Å². The lowest BCUT2D eigenvalue weighted by Crippen LogP contribution is -2.39. The first-order valence-corrected chi connectivity index (χ1v) is 8.31. The van der Waals surface area contributed by atoms with E-state index in [4.69, 9.17) is 0 Å². The monoisotopic (exact) mass is 292 g/mol. The molecule has 0 saturated carbocycles. The highest BCUT2D eigenvalue weighted by Crippen LogP contribution is 2.16. The second kappa shape index (κ2) is 7.81. The van der Waals surface area contributed by atoms with Gasteiger partial charge in [0.15, 0.2) is 0 Å². The molecule has 0 bridgehead atoms. The Bertz CT molecular complexity index is 375. The summed E-state index contributed by atoms with van der Waals surface area (Å²) in [7, 11) is -0.333. The van der Waals surface area contributed by atoms with Gasteiger partial charge in [-0.3, -0.25) is 4.79 Å². The van der Waals surface area contributed by atoms with Crippen LogP contribution in [0.25, 0.3) is 0 Å². The van der Waals surface area contributed by atoms with Crippen LogP contribution in [0.5, 0.6) is 0 Å². The lowest BCUT2D eigenvalue weighted by molar-refractivity contribution is -0.140. The smallest absolute Gasteiger partial charge is 0.305 e. The van der Waals surface area contributed by atoms with Crippen molar-refractivity contribution in [3.8, 4) is 0 Å². The minimum absolute atomic E-state index is 0.00251. The molecule has 112 valence electrons. The number of nitrogens with zero attached hydrogens (tertiary/aromatic N) is 1. The first-order chi connectivity index (χ1) is 8.97. The van der Waals surface area contributed by atoms with Crippen molar-refractivity contribution < 1.29 is 17.9 Å². The first-order valence-electron chi connectivity index (χ1n) is 6.70. The van der Waals surface area contributed by atoms with Gasteiger partial charge >= 0.3 is 5.97 Å². The van der Waals surface area contributed by atoms with Crippen molar-refractivity contribution in [1.29, 1.82) is 0 Å². The summed E-state index contributed by atoms with van der Waals surface area (Å²) in [5.41, 5.74) is 0. The van der Waals surface area contributed by atoms with Crippen LogP contribution < -0.4 is 5.32 Å². The summed E-state index contributed by atoms with van der Waals surface area (Å²) >= 11 is 0. The van der Waals surface area contributed by atoms with E-state index in [0.717, 1.165) is 32.4 Å². The molecule has 0 amide bonds. The molecule has 0 spiro atoms. The van der Waals surface area contributed by atoms with Gasteiger partial charge in [0.25, 0.3) is 0 Å². The Morgan fingerprint density at radius 2 is 2.11 bits per heavy atom. The van der Waals surface area contributed by atoms with E-state index in [1.54, 1.807) is 7.05 Å². The van der Waals surface area contributed by atoms with Gasteiger partial charge in [-0.05, 0) is 38.8 Å². The highest BCUT2D eigenvalue weighted by molar-refractivity contribution is 7.89. The van der Waals surface area contributed by atoms with Crippen molar-refractivity contribution in [2.75, 3.05) is 33.0 Å². The maximum absolute atomic E-state index is 12.2. The number of hydrogen-bond acceptors (Lipinski definition) is 5. The number of ether oxygens (including phenoxy) is 1. The van der Waals surface area contributed by atoms with Crippen molar-refractivity contribution in [2.24, 2.45) is 0 Å². The molecule has 1 atom stereocenters. The number of hydrogen-bond donors (Lipinski definition) is 1. The van der Waals surface area contributed by atoms with Crippen LogP contribution in [0, 0.1) is 0 Å². The summed E-state index contributed by atoms with van der Waals surface area (Å²) in [6.07, 6.45) is 3.18. The van der Waals surface area contributed by atoms with E-state index in [1.165, 1.54) is 11.4 Å². The summed E-state index contributed by atoms with van der Waals surface area (Å²) in [4.78, 5) is 11.0. The number of methoxy groups -OCH3 is 1. The normalized spacial score (nSPS) is 21.1. The molecule has 1 rings (SSSR count). The molecular formula is C12H24N2O4S. The Labute approximate surface area is 115 Å². The molecule has 1 heterocycles. The number of nitrogens with one attached hydrogen (secondary N) is 1. The fourth-order valence-corrected chi connectivity index (χ4v) is 3.70. The Hall–Kier alpha value is -0.660. The predicted molar refractivity (Wildman–Crippen MR) is 73.3 cm³/mol. The van der Waals surface area contributed by atoms with Gasteiger partial charge in [0.05, 0.1) is 12.9 Å². The fourth-order valence-electron chi connectivity index (χ4n) is 2.24. The van der Waals surface area contributed by atoms with Crippen LogP contribution in [0.3, 0.4) is 0 Å². The van der Waals surface area contributed by atoms with Crippen molar-refractivity contribution in [1.82, 2.24) is 9.62 Å². The van der Waals surface area contributed by atoms with Crippen molar-refractivity contribution in [3.63, 3.8) is 0 Å². The molecule has 7 heteroatoms. The lowest BCUT2D eigenvalue weighted by atomic mass is 10.1. The van der Waals surface area contributed by atoms with E-state index in [0.29, 0.717) is 6.42 Å². The molecule has 19 heavy (non-hydrogen) atoms. The number of carbonyl (C=O) groups excluding carboxylic acids is 1. The van der Waals surface area contributed by atoms with Crippen molar-refractivity contribution in [3.05, 3.63) is 0 Å². The maximum Gasteiger partial charge on any atom is 0.305 e. The molecule has 1 saturated heterocycles. The van der Waals surface area contributed by atoms with Crippen molar-refractivity contribution in [2.45, 2.75) is 38.1 Å². The summed E-state index contributed by atoms with van der Waals surface area (Å²) in [5, 5.41) is 3.27. The first kappa shape index (κ1) is 16.4. The van der Waals surface area contributed by atoms with Gasteiger partial charge in [-0.15, -0.1) is 0 Å². The highest BCUT2D eigenvalue weighted by atomic mass is 32.2. The molecule has 1 unspecified atom stereocenters. The third kappa shape index (κ3) is 5.46. The molecule has 0 radical (unpaired) electrons. The standard InChI is InChI=1S/C12H24N2O4S/c1-14(11-5-3-8-13-9-7-11)19(16,17)10-4-6-12(15)18-2/h11,13H,3-10H2,1-2H3. The van der Waals surface area contributed by atoms with E-state index in [9.17, 15) is 13.2 Å². The number of carbonyl (C=O) groups is 1. The third-order valence-electron chi connectivity index (χ3n) is 3.51. The molecule has 1 N–H and O–H groups in total.